The number of carbonyl (C=O) groups is 1. The van der Waals surface area contributed by atoms with Crippen LogP contribution in [0.25, 0.3) is 0 Å². The third-order valence-corrected chi connectivity index (χ3v) is 6.74. The molecule has 2 aromatic rings. The molecule has 4 rings (SSSR count). The number of benzene rings is 1. The standard InChI is InChI=1S/C20H24N2O2S/c1-14-19(25-17-9-3-2-4-10-17)18(24-21-14)20(23)22-12-11-15-7-5-6-8-16(15)13-22/h2-4,9-10,15-16H,5-8,11-13H2,1H3. The van der Waals surface area contributed by atoms with Crippen molar-refractivity contribution in [2.24, 2.45) is 11.8 Å². The monoisotopic (exact) mass is 356 g/mol. The molecule has 0 radical (unpaired) electrons. The topological polar surface area (TPSA) is 46.3 Å². The minimum atomic E-state index is 0.00283. The fourth-order valence-corrected chi connectivity index (χ4v) is 5.08. The van der Waals surface area contributed by atoms with Crippen LogP contribution >= 0.6 is 11.8 Å². The minimum Gasteiger partial charge on any atom is -0.349 e. The zero-order valence-corrected chi connectivity index (χ0v) is 15.4. The molecule has 1 aromatic heterocycles. The predicted octanol–water partition coefficient (Wildman–Crippen LogP) is 4.79. The Morgan fingerprint density at radius 2 is 1.92 bits per heavy atom. The van der Waals surface area contributed by atoms with Gasteiger partial charge in [0.2, 0.25) is 5.76 Å². The normalized spacial score (nSPS) is 23.3. The Morgan fingerprint density at radius 3 is 2.72 bits per heavy atom. The maximum Gasteiger partial charge on any atom is 0.293 e. The Bertz CT molecular complexity index is 743. The Kier molecular flexibility index (Phi) is 4.84. The van der Waals surface area contributed by atoms with Crippen molar-refractivity contribution < 1.29 is 9.32 Å². The predicted molar refractivity (Wildman–Crippen MR) is 97.8 cm³/mol. The number of aryl methyl sites for hydroxylation is 1. The van der Waals surface area contributed by atoms with Gasteiger partial charge in [0.15, 0.2) is 0 Å². The van der Waals surface area contributed by atoms with E-state index < -0.39 is 0 Å². The van der Waals surface area contributed by atoms with Crippen molar-refractivity contribution in [3.8, 4) is 0 Å². The van der Waals surface area contributed by atoms with E-state index in [0.717, 1.165) is 40.9 Å². The number of fused-ring (bicyclic) bond motifs is 1. The Balaban J connectivity index is 1.52. The van der Waals surface area contributed by atoms with Gasteiger partial charge in [0.05, 0.1) is 10.6 Å². The minimum absolute atomic E-state index is 0.00283. The number of likely N-dealkylation sites (tertiary alicyclic amines) is 1. The highest BCUT2D eigenvalue weighted by molar-refractivity contribution is 7.99. The quantitative estimate of drug-likeness (QED) is 0.793. The Hall–Kier alpha value is -1.75. The van der Waals surface area contributed by atoms with E-state index in [1.54, 1.807) is 11.8 Å². The van der Waals surface area contributed by atoms with E-state index in [1.807, 2.05) is 42.2 Å². The van der Waals surface area contributed by atoms with E-state index in [4.69, 9.17) is 4.52 Å². The highest BCUT2D eigenvalue weighted by Crippen LogP contribution is 2.38. The molecule has 1 aromatic carbocycles. The lowest BCUT2D eigenvalue weighted by molar-refractivity contribution is 0.0480. The summed E-state index contributed by atoms with van der Waals surface area (Å²) in [6.45, 7) is 3.62. The molecule has 1 aliphatic carbocycles. The number of hydrogen-bond acceptors (Lipinski definition) is 4. The van der Waals surface area contributed by atoms with Crippen LogP contribution in [0.3, 0.4) is 0 Å². The molecule has 1 saturated heterocycles. The van der Waals surface area contributed by atoms with Crippen molar-refractivity contribution in [3.63, 3.8) is 0 Å². The van der Waals surface area contributed by atoms with E-state index in [9.17, 15) is 4.79 Å². The molecule has 25 heavy (non-hydrogen) atoms. The first-order chi connectivity index (χ1) is 12.2. The lowest BCUT2D eigenvalue weighted by Gasteiger charge is -2.41. The number of aromatic nitrogens is 1. The van der Waals surface area contributed by atoms with Gasteiger partial charge in [0.25, 0.3) is 5.91 Å². The van der Waals surface area contributed by atoms with Crippen LogP contribution in [0.1, 0.15) is 48.4 Å². The molecule has 1 amide bonds. The van der Waals surface area contributed by atoms with Crippen LogP contribution < -0.4 is 0 Å². The summed E-state index contributed by atoms with van der Waals surface area (Å²) >= 11 is 1.56. The van der Waals surface area contributed by atoms with Crippen molar-refractivity contribution in [1.29, 1.82) is 0 Å². The Labute approximate surface area is 153 Å². The molecule has 132 valence electrons. The fraction of sp³-hybridized carbons (Fsp3) is 0.500. The van der Waals surface area contributed by atoms with Crippen LogP contribution in [0.4, 0.5) is 0 Å². The van der Waals surface area contributed by atoms with Crippen molar-refractivity contribution in [2.45, 2.75) is 48.8 Å². The van der Waals surface area contributed by atoms with Gasteiger partial charge in [-0.1, -0.05) is 54.4 Å². The summed E-state index contributed by atoms with van der Waals surface area (Å²) in [5, 5.41) is 4.07. The maximum atomic E-state index is 13.1. The van der Waals surface area contributed by atoms with Gasteiger partial charge in [-0.25, -0.2) is 0 Å². The molecule has 4 nitrogen and oxygen atoms in total. The van der Waals surface area contributed by atoms with Gasteiger partial charge in [-0.2, -0.15) is 0 Å². The summed E-state index contributed by atoms with van der Waals surface area (Å²) in [6, 6.07) is 10.1. The molecule has 2 unspecified atom stereocenters. The van der Waals surface area contributed by atoms with Crippen LogP contribution in [-0.4, -0.2) is 29.1 Å². The maximum absolute atomic E-state index is 13.1. The van der Waals surface area contributed by atoms with Crippen LogP contribution in [0.2, 0.25) is 0 Å². The third-order valence-electron chi connectivity index (χ3n) is 5.54. The number of nitrogens with zero attached hydrogens (tertiary/aromatic N) is 2. The van der Waals surface area contributed by atoms with E-state index in [-0.39, 0.29) is 5.91 Å². The molecule has 2 heterocycles. The first-order valence-corrected chi connectivity index (χ1v) is 10.0. The number of hydrogen-bond donors (Lipinski definition) is 0. The fourth-order valence-electron chi connectivity index (χ4n) is 4.15. The molecular weight excluding hydrogens is 332 g/mol. The summed E-state index contributed by atoms with van der Waals surface area (Å²) < 4.78 is 5.46. The van der Waals surface area contributed by atoms with Crippen LogP contribution in [0, 0.1) is 18.8 Å². The van der Waals surface area contributed by atoms with Crippen molar-refractivity contribution >= 4 is 17.7 Å². The van der Waals surface area contributed by atoms with E-state index in [1.165, 1.54) is 25.7 Å². The summed E-state index contributed by atoms with van der Waals surface area (Å²) in [4.78, 5) is 17.0. The average Bonchev–Trinajstić information content (AvgIpc) is 3.02. The molecule has 2 atom stereocenters. The lowest BCUT2D eigenvalue weighted by Crippen LogP contribution is -2.44. The van der Waals surface area contributed by atoms with Gasteiger partial charge in [-0.3, -0.25) is 4.79 Å². The van der Waals surface area contributed by atoms with Gasteiger partial charge in [0, 0.05) is 18.0 Å². The van der Waals surface area contributed by atoms with Crippen LogP contribution in [-0.2, 0) is 0 Å². The number of piperidine rings is 1. The number of amides is 1. The molecule has 0 N–H and O–H groups in total. The van der Waals surface area contributed by atoms with Gasteiger partial charge >= 0.3 is 0 Å². The molecule has 2 fully saturated rings. The lowest BCUT2D eigenvalue weighted by atomic mass is 9.75. The molecule has 2 aliphatic rings. The second-order valence-corrected chi connectivity index (χ2v) is 8.27. The molecule has 1 aliphatic heterocycles. The van der Waals surface area contributed by atoms with E-state index in [2.05, 4.69) is 5.16 Å². The zero-order valence-electron chi connectivity index (χ0n) is 14.6. The van der Waals surface area contributed by atoms with Gasteiger partial charge in [-0.15, -0.1) is 0 Å². The van der Waals surface area contributed by atoms with Crippen LogP contribution in [0.5, 0.6) is 0 Å². The molecule has 0 bridgehead atoms. The largest absolute Gasteiger partial charge is 0.349 e. The second-order valence-electron chi connectivity index (χ2n) is 7.19. The zero-order chi connectivity index (χ0) is 17.2. The first kappa shape index (κ1) is 16.7. The SMILES string of the molecule is Cc1noc(C(=O)N2CCC3CCCCC3C2)c1Sc1ccccc1. The average molecular weight is 356 g/mol. The Morgan fingerprint density at radius 1 is 1.16 bits per heavy atom. The summed E-state index contributed by atoms with van der Waals surface area (Å²) in [5.41, 5.74) is 0.782. The van der Waals surface area contributed by atoms with Crippen LogP contribution in [0.15, 0.2) is 44.6 Å². The summed E-state index contributed by atoms with van der Waals surface area (Å²) in [7, 11) is 0. The van der Waals surface area contributed by atoms with Gasteiger partial charge in [-0.05, 0) is 43.7 Å². The first-order valence-electron chi connectivity index (χ1n) is 9.21. The third kappa shape index (κ3) is 3.47. The van der Waals surface area contributed by atoms with E-state index >= 15 is 0 Å². The number of rotatable bonds is 3. The smallest absolute Gasteiger partial charge is 0.293 e. The van der Waals surface area contributed by atoms with E-state index in [0.29, 0.717) is 11.7 Å². The number of carbonyl (C=O) groups excluding carboxylic acids is 1. The van der Waals surface area contributed by atoms with Crippen molar-refractivity contribution in [2.75, 3.05) is 13.1 Å². The highest BCUT2D eigenvalue weighted by Gasteiger charge is 2.35. The van der Waals surface area contributed by atoms with Gasteiger partial charge in [0.1, 0.15) is 0 Å². The molecular formula is C20H24N2O2S. The van der Waals surface area contributed by atoms with Gasteiger partial charge < -0.3 is 9.42 Å². The molecule has 0 spiro atoms. The summed E-state index contributed by atoms with van der Waals surface area (Å²) in [6.07, 6.45) is 6.39. The van der Waals surface area contributed by atoms with Crippen molar-refractivity contribution in [1.82, 2.24) is 10.1 Å². The molecule has 1 saturated carbocycles. The second kappa shape index (κ2) is 7.24. The van der Waals surface area contributed by atoms with Crippen molar-refractivity contribution in [3.05, 3.63) is 41.8 Å². The molecule has 5 heteroatoms. The highest BCUT2D eigenvalue weighted by atomic mass is 32.2. The summed E-state index contributed by atoms with van der Waals surface area (Å²) in [5.74, 6) is 1.89.